The van der Waals surface area contributed by atoms with Crippen molar-refractivity contribution in [2.24, 2.45) is 0 Å². The molecule has 0 saturated carbocycles. The molecule has 0 spiro atoms. The van der Waals surface area contributed by atoms with E-state index in [0.29, 0.717) is 0 Å². The summed E-state index contributed by atoms with van der Waals surface area (Å²) in [6.45, 7) is 2.11. The summed E-state index contributed by atoms with van der Waals surface area (Å²) >= 11 is 1.32. The molecule has 2 heteroatoms. The summed E-state index contributed by atoms with van der Waals surface area (Å²) in [6.07, 6.45) is 0. The molecular formula is C8H9BiO. The van der Waals surface area contributed by atoms with E-state index in [-0.39, 0.29) is 0 Å². The number of benzene rings is 1. The van der Waals surface area contributed by atoms with Gasteiger partial charge in [0.25, 0.3) is 0 Å². The molecule has 0 aliphatic carbocycles. The van der Waals surface area contributed by atoms with E-state index in [1.54, 1.807) is 7.11 Å². The number of rotatable bonds is 1. The minimum atomic E-state index is 0.951. The van der Waals surface area contributed by atoms with Gasteiger partial charge in [0.05, 0.1) is 0 Å². The SMILES string of the molecule is COc1cc[c]([Bi])c(C)c1. The second-order valence-electron chi connectivity index (χ2n) is 2.15. The van der Waals surface area contributed by atoms with Crippen LogP contribution in [0.15, 0.2) is 18.2 Å². The molecular weight excluding hydrogens is 321 g/mol. The summed E-state index contributed by atoms with van der Waals surface area (Å²) in [4.78, 5) is 0. The van der Waals surface area contributed by atoms with Gasteiger partial charge in [0.1, 0.15) is 0 Å². The van der Waals surface area contributed by atoms with Gasteiger partial charge in [-0.25, -0.2) is 0 Å². The quantitative estimate of drug-likeness (QED) is 0.692. The van der Waals surface area contributed by atoms with Crippen molar-refractivity contribution in [1.29, 1.82) is 0 Å². The van der Waals surface area contributed by atoms with E-state index in [9.17, 15) is 0 Å². The molecule has 0 atom stereocenters. The van der Waals surface area contributed by atoms with E-state index < -0.39 is 0 Å². The molecule has 1 rings (SSSR count). The molecule has 52 valence electrons. The van der Waals surface area contributed by atoms with Gasteiger partial charge < -0.3 is 0 Å². The Morgan fingerprint density at radius 2 is 2.10 bits per heavy atom. The fourth-order valence-corrected chi connectivity index (χ4v) is 1.30. The van der Waals surface area contributed by atoms with Crippen LogP contribution in [0.4, 0.5) is 0 Å². The van der Waals surface area contributed by atoms with Gasteiger partial charge in [0, 0.05) is 0 Å². The Morgan fingerprint density at radius 3 is 2.60 bits per heavy atom. The van der Waals surface area contributed by atoms with E-state index in [2.05, 4.69) is 19.1 Å². The Labute approximate surface area is 76.2 Å². The third-order valence-electron chi connectivity index (χ3n) is 1.40. The Balaban J connectivity index is 3.04. The van der Waals surface area contributed by atoms with E-state index in [0.717, 1.165) is 5.75 Å². The third kappa shape index (κ3) is 1.70. The van der Waals surface area contributed by atoms with Crippen LogP contribution in [0.2, 0.25) is 0 Å². The van der Waals surface area contributed by atoms with Crippen molar-refractivity contribution in [1.82, 2.24) is 0 Å². The van der Waals surface area contributed by atoms with Crippen molar-refractivity contribution in [2.45, 2.75) is 6.92 Å². The standard InChI is InChI=1S/C8H9O.Bi/c1-7-4-3-5-8(6-7)9-2;/h3,5-6H,1-2H3;. The van der Waals surface area contributed by atoms with E-state index in [4.69, 9.17) is 4.74 Å². The summed E-state index contributed by atoms with van der Waals surface area (Å²) in [7, 11) is 1.69. The molecule has 0 unspecified atom stereocenters. The van der Waals surface area contributed by atoms with Gasteiger partial charge in [-0.15, -0.1) is 0 Å². The number of aryl methyl sites for hydroxylation is 1. The maximum absolute atomic E-state index is 5.06. The molecule has 2 radical (unpaired) electrons. The third-order valence-corrected chi connectivity index (χ3v) is 3.35. The number of hydrogen-bond acceptors (Lipinski definition) is 1. The molecule has 0 aromatic heterocycles. The fourth-order valence-electron chi connectivity index (χ4n) is 0.755. The van der Waals surface area contributed by atoms with Crippen molar-refractivity contribution in [2.75, 3.05) is 7.11 Å². The van der Waals surface area contributed by atoms with Gasteiger partial charge in [-0.1, -0.05) is 0 Å². The van der Waals surface area contributed by atoms with Crippen molar-refractivity contribution in [3.63, 3.8) is 0 Å². The van der Waals surface area contributed by atoms with E-state index in [1.807, 2.05) is 6.07 Å². The molecule has 0 aliphatic rings. The molecule has 0 fully saturated rings. The van der Waals surface area contributed by atoms with E-state index >= 15 is 0 Å². The Kier molecular flexibility index (Phi) is 2.67. The Bertz CT molecular complexity index is 233. The Hall–Kier alpha value is -0.0969. The summed E-state index contributed by atoms with van der Waals surface area (Å²) in [6, 6.07) is 6.18. The van der Waals surface area contributed by atoms with Gasteiger partial charge in [-0.05, 0) is 0 Å². The second-order valence-corrected chi connectivity index (χ2v) is 4.03. The Morgan fingerprint density at radius 1 is 1.40 bits per heavy atom. The van der Waals surface area contributed by atoms with Crippen molar-refractivity contribution >= 4 is 28.0 Å². The number of ether oxygens (including phenoxy) is 1. The van der Waals surface area contributed by atoms with Crippen LogP contribution in [0.5, 0.6) is 5.75 Å². The molecule has 1 aromatic carbocycles. The fraction of sp³-hybridized carbons (Fsp3) is 0.250. The molecule has 0 amide bonds. The molecule has 0 saturated heterocycles. The topological polar surface area (TPSA) is 9.23 Å². The molecule has 0 heterocycles. The van der Waals surface area contributed by atoms with Gasteiger partial charge in [0.15, 0.2) is 0 Å². The molecule has 0 aliphatic heterocycles. The van der Waals surface area contributed by atoms with Crippen LogP contribution in [-0.4, -0.2) is 31.8 Å². The molecule has 10 heavy (non-hydrogen) atoms. The number of methoxy groups -OCH3 is 1. The summed E-state index contributed by atoms with van der Waals surface area (Å²) in [5.74, 6) is 0.951. The molecule has 0 bridgehead atoms. The minimum absolute atomic E-state index is 0.951. The average molecular weight is 330 g/mol. The van der Waals surface area contributed by atoms with Crippen LogP contribution in [0, 0.1) is 6.92 Å². The van der Waals surface area contributed by atoms with Crippen LogP contribution in [-0.2, 0) is 0 Å². The first-order valence-corrected chi connectivity index (χ1v) is 4.81. The van der Waals surface area contributed by atoms with Crippen LogP contribution >= 0.6 is 0 Å². The maximum atomic E-state index is 5.06. The predicted molar refractivity (Wildman–Crippen MR) is 43.1 cm³/mol. The van der Waals surface area contributed by atoms with Gasteiger partial charge in [-0.2, -0.15) is 0 Å². The predicted octanol–water partition coefficient (Wildman–Crippen LogP) is 0.797. The van der Waals surface area contributed by atoms with Gasteiger partial charge >= 0.3 is 76.3 Å². The van der Waals surface area contributed by atoms with Crippen molar-refractivity contribution in [3.8, 4) is 5.75 Å². The monoisotopic (exact) mass is 330 g/mol. The van der Waals surface area contributed by atoms with Crippen LogP contribution < -0.4 is 8.01 Å². The van der Waals surface area contributed by atoms with Crippen molar-refractivity contribution in [3.05, 3.63) is 23.8 Å². The van der Waals surface area contributed by atoms with Crippen molar-refractivity contribution < 1.29 is 4.74 Å². The number of hydrogen-bond donors (Lipinski definition) is 0. The first-order valence-electron chi connectivity index (χ1n) is 3.07. The van der Waals surface area contributed by atoms with E-state index in [1.165, 1.54) is 33.6 Å². The zero-order chi connectivity index (χ0) is 7.56. The summed E-state index contributed by atoms with van der Waals surface area (Å²) < 4.78 is 6.48. The van der Waals surface area contributed by atoms with Crippen LogP contribution in [0.1, 0.15) is 5.56 Å². The first kappa shape index (κ1) is 8.00. The summed E-state index contributed by atoms with van der Waals surface area (Å²) in [5, 5.41) is 0. The van der Waals surface area contributed by atoms with Gasteiger partial charge in [0.2, 0.25) is 0 Å². The van der Waals surface area contributed by atoms with Gasteiger partial charge in [-0.3, -0.25) is 0 Å². The molecule has 1 aromatic rings. The van der Waals surface area contributed by atoms with Crippen LogP contribution in [0.25, 0.3) is 0 Å². The second kappa shape index (κ2) is 3.34. The zero-order valence-electron chi connectivity index (χ0n) is 6.09. The summed E-state index contributed by atoms with van der Waals surface area (Å²) in [5.41, 5.74) is 1.33. The zero-order valence-corrected chi connectivity index (χ0v) is 9.56. The average Bonchev–Trinajstić information content (AvgIpc) is 1.95. The molecule has 1 nitrogen and oxygen atoms in total. The molecule has 0 N–H and O–H groups in total. The normalized spacial score (nSPS) is 9.50. The first-order chi connectivity index (χ1) is 4.74. The van der Waals surface area contributed by atoms with Crippen LogP contribution in [0.3, 0.4) is 0 Å².